The highest BCUT2D eigenvalue weighted by molar-refractivity contribution is 5.94. The fraction of sp³-hybridized carbons (Fsp3) is 0.214. The number of methoxy groups -OCH3 is 1. The van der Waals surface area contributed by atoms with E-state index in [2.05, 4.69) is 5.32 Å². The molecule has 35 heavy (non-hydrogen) atoms. The largest absolute Gasteiger partial charge is 0.467 e. The molecule has 0 aliphatic carbocycles. The first-order valence-corrected chi connectivity index (χ1v) is 11.3. The maximum atomic E-state index is 12.6. The van der Waals surface area contributed by atoms with Crippen LogP contribution in [-0.2, 0) is 25.6 Å². The van der Waals surface area contributed by atoms with Gasteiger partial charge in [-0.1, -0.05) is 60.7 Å². The van der Waals surface area contributed by atoms with Crippen LogP contribution in [0.4, 0.5) is 0 Å². The second-order valence-electron chi connectivity index (χ2n) is 7.90. The van der Waals surface area contributed by atoms with Crippen LogP contribution in [0.5, 0.6) is 0 Å². The van der Waals surface area contributed by atoms with Gasteiger partial charge in [-0.05, 0) is 29.8 Å². The normalized spacial score (nSPS) is 11.8. The summed E-state index contributed by atoms with van der Waals surface area (Å²) in [6, 6.07) is 26.6. The number of hydrogen-bond acceptors (Lipinski definition) is 6. The van der Waals surface area contributed by atoms with E-state index in [0.29, 0.717) is 12.2 Å². The van der Waals surface area contributed by atoms with E-state index in [-0.39, 0.29) is 25.7 Å². The number of fused-ring (bicyclic) bond motifs is 1. The number of benzene rings is 3. The van der Waals surface area contributed by atoms with Gasteiger partial charge >= 0.3 is 5.97 Å². The van der Waals surface area contributed by atoms with Crippen LogP contribution in [0.3, 0.4) is 0 Å². The molecule has 0 fully saturated rings. The molecule has 1 amide bonds. The predicted octanol–water partition coefficient (Wildman–Crippen LogP) is 4.95. The number of amides is 1. The molecule has 1 unspecified atom stereocenters. The van der Waals surface area contributed by atoms with Crippen molar-refractivity contribution in [3.63, 3.8) is 0 Å². The van der Waals surface area contributed by atoms with E-state index >= 15 is 0 Å². The molecule has 0 spiro atoms. The standard InChI is InChI=1S/C28H27NO6/c1-32-28(31)25(34-19-33-18-20-7-3-2-4-8-20)15-16-29-27(30)22-13-11-21(12-14-22)26-17-23-9-5-6-10-24(23)35-26/h2-14,17,25H,15-16,18-19H2,1H3,(H,29,30). The Hall–Kier alpha value is -3.94. The SMILES string of the molecule is COC(=O)C(CCNC(=O)c1ccc(-c2cc3ccccc3o2)cc1)OCOCc1ccccc1. The fourth-order valence-corrected chi connectivity index (χ4v) is 3.59. The molecular formula is C28H27NO6. The van der Waals surface area contributed by atoms with Crippen LogP contribution < -0.4 is 5.32 Å². The summed E-state index contributed by atoms with van der Waals surface area (Å²) in [7, 11) is 1.30. The van der Waals surface area contributed by atoms with E-state index in [4.69, 9.17) is 18.6 Å². The minimum absolute atomic E-state index is 0.0636. The van der Waals surface area contributed by atoms with Crippen molar-refractivity contribution < 1.29 is 28.2 Å². The van der Waals surface area contributed by atoms with Gasteiger partial charge in [0.25, 0.3) is 5.91 Å². The molecule has 0 aliphatic rings. The van der Waals surface area contributed by atoms with Crippen molar-refractivity contribution in [2.45, 2.75) is 19.1 Å². The molecular weight excluding hydrogens is 446 g/mol. The number of para-hydroxylation sites is 1. The Balaban J connectivity index is 1.25. The molecule has 7 nitrogen and oxygen atoms in total. The van der Waals surface area contributed by atoms with Crippen molar-refractivity contribution in [2.24, 2.45) is 0 Å². The summed E-state index contributed by atoms with van der Waals surface area (Å²) in [4.78, 5) is 24.6. The predicted molar refractivity (Wildman–Crippen MR) is 132 cm³/mol. The summed E-state index contributed by atoms with van der Waals surface area (Å²) in [5.41, 5.74) is 3.21. The van der Waals surface area contributed by atoms with Crippen LogP contribution in [0.25, 0.3) is 22.3 Å². The van der Waals surface area contributed by atoms with Gasteiger partial charge in [0.2, 0.25) is 0 Å². The van der Waals surface area contributed by atoms with Gasteiger partial charge in [-0.25, -0.2) is 4.79 Å². The van der Waals surface area contributed by atoms with Crippen molar-refractivity contribution in [1.29, 1.82) is 0 Å². The van der Waals surface area contributed by atoms with Crippen molar-refractivity contribution in [1.82, 2.24) is 5.32 Å². The first-order valence-electron chi connectivity index (χ1n) is 11.3. The van der Waals surface area contributed by atoms with Crippen molar-refractivity contribution >= 4 is 22.8 Å². The summed E-state index contributed by atoms with van der Waals surface area (Å²) >= 11 is 0. The zero-order chi connectivity index (χ0) is 24.5. The summed E-state index contributed by atoms with van der Waals surface area (Å²) in [6.45, 7) is 0.546. The molecule has 0 aliphatic heterocycles. The number of esters is 1. The second-order valence-corrected chi connectivity index (χ2v) is 7.90. The molecule has 0 saturated carbocycles. The highest BCUT2D eigenvalue weighted by Crippen LogP contribution is 2.27. The third kappa shape index (κ3) is 6.56. The van der Waals surface area contributed by atoms with Crippen LogP contribution in [0.15, 0.2) is 89.3 Å². The highest BCUT2D eigenvalue weighted by atomic mass is 16.7. The second kappa shape index (κ2) is 12.0. The van der Waals surface area contributed by atoms with Gasteiger partial charge in [-0.3, -0.25) is 4.79 Å². The molecule has 0 saturated heterocycles. The molecule has 1 atom stereocenters. The molecule has 4 aromatic rings. The molecule has 1 aromatic heterocycles. The Kier molecular flexibility index (Phi) is 8.27. The fourth-order valence-electron chi connectivity index (χ4n) is 3.59. The molecule has 4 rings (SSSR count). The molecule has 3 aromatic carbocycles. The molecule has 0 radical (unpaired) electrons. The number of furan rings is 1. The summed E-state index contributed by atoms with van der Waals surface area (Å²) in [5, 5.41) is 3.84. The van der Waals surface area contributed by atoms with Gasteiger partial charge in [0.05, 0.1) is 13.7 Å². The van der Waals surface area contributed by atoms with E-state index in [9.17, 15) is 9.59 Å². The Labute approximate surface area is 203 Å². The third-order valence-electron chi connectivity index (χ3n) is 5.48. The molecule has 1 N–H and O–H groups in total. The van der Waals surface area contributed by atoms with E-state index in [1.165, 1.54) is 7.11 Å². The van der Waals surface area contributed by atoms with Gasteiger partial charge in [0.15, 0.2) is 6.10 Å². The van der Waals surface area contributed by atoms with Gasteiger partial charge < -0.3 is 23.9 Å². The van der Waals surface area contributed by atoms with Crippen LogP contribution >= 0.6 is 0 Å². The lowest BCUT2D eigenvalue weighted by Gasteiger charge is -2.16. The lowest BCUT2D eigenvalue weighted by molar-refractivity contribution is -0.165. The number of rotatable bonds is 11. The monoisotopic (exact) mass is 473 g/mol. The number of hydrogen-bond donors (Lipinski definition) is 1. The van der Waals surface area contributed by atoms with Gasteiger partial charge in [-0.15, -0.1) is 0 Å². The van der Waals surface area contributed by atoms with Crippen LogP contribution in [0.2, 0.25) is 0 Å². The van der Waals surface area contributed by atoms with Gasteiger partial charge in [-0.2, -0.15) is 0 Å². The number of carbonyl (C=O) groups is 2. The highest BCUT2D eigenvalue weighted by Gasteiger charge is 2.20. The first-order chi connectivity index (χ1) is 17.1. The zero-order valence-electron chi connectivity index (χ0n) is 19.4. The maximum Gasteiger partial charge on any atom is 0.335 e. The molecule has 1 heterocycles. The number of carbonyl (C=O) groups excluding carboxylic acids is 2. The van der Waals surface area contributed by atoms with Crippen molar-refractivity contribution in [3.8, 4) is 11.3 Å². The average Bonchev–Trinajstić information content (AvgIpc) is 3.34. The van der Waals surface area contributed by atoms with E-state index in [1.807, 2.05) is 72.8 Å². The topological polar surface area (TPSA) is 87.0 Å². The minimum Gasteiger partial charge on any atom is -0.467 e. The van der Waals surface area contributed by atoms with E-state index in [1.54, 1.807) is 12.1 Å². The number of ether oxygens (including phenoxy) is 3. The Morgan fingerprint density at radius 1 is 0.943 bits per heavy atom. The van der Waals surface area contributed by atoms with Crippen LogP contribution in [0, 0.1) is 0 Å². The van der Waals surface area contributed by atoms with Crippen LogP contribution in [-0.4, -0.2) is 38.4 Å². The lowest BCUT2D eigenvalue weighted by Crippen LogP contribution is -2.33. The Morgan fingerprint density at radius 3 is 2.43 bits per heavy atom. The van der Waals surface area contributed by atoms with E-state index in [0.717, 1.165) is 27.9 Å². The minimum atomic E-state index is -0.841. The molecule has 0 bridgehead atoms. The summed E-state index contributed by atoms with van der Waals surface area (Å²) in [5.74, 6) is -0.0199. The van der Waals surface area contributed by atoms with Crippen molar-refractivity contribution in [2.75, 3.05) is 20.4 Å². The first kappa shape index (κ1) is 24.2. The van der Waals surface area contributed by atoms with Gasteiger partial charge in [0, 0.05) is 29.5 Å². The Morgan fingerprint density at radius 2 is 1.69 bits per heavy atom. The van der Waals surface area contributed by atoms with Crippen LogP contribution in [0.1, 0.15) is 22.3 Å². The summed E-state index contributed by atoms with van der Waals surface area (Å²) < 4.78 is 21.7. The average molecular weight is 474 g/mol. The molecule has 7 heteroatoms. The lowest BCUT2D eigenvalue weighted by atomic mass is 10.1. The van der Waals surface area contributed by atoms with E-state index < -0.39 is 12.1 Å². The quantitative estimate of drug-likeness (QED) is 0.188. The number of nitrogens with one attached hydrogen (secondary N) is 1. The Bertz CT molecular complexity index is 1220. The third-order valence-corrected chi connectivity index (χ3v) is 5.48. The van der Waals surface area contributed by atoms with Crippen molar-refractivity contribution in [3.05, 3.63) is 96.1 Å². The van der Waals surface area contributed by atoms with Gasteiger partial charge in [0.1, 0.15) is 18.1 Å². The summed E-state index contributed by atoms with van der Waals surface area (Å²) in [6.07, 6.45) is -0.587. The smallest absolute Gasteiger partial charge is 0.335 e. The zero-order valence-corrected chi connectivity index (χ0v) is 19.4. The maximum absolute atomic E-state index is 12.6. The molecule has 180 valence electrons.